The van der Waals surface area contributed by atoms with Crippen LogP contribution in [-0.2, 0) is 29.4 Å². The van der Waals surface area contributed by atoms with Gasteiger partial charge in [-0.05, 0) is 44.2 Å². The number of amides is 2. The summed E-state index contributed by atoms with van der Waals surface area (Å²) >= 11 is 0. The molecule has 2 amide bonds. The summed E-state index contributed by atoms with van der Waals surface area (Å²) in [5.41, 5.74) is -2.79. The molecule has 3 heterocycles. The summed E-state index contributed by atoms with van der Waals surface area (Å²) in [4.78, 5) is 28.5. The van der Waals surface area contributed by atoms with E-state index in [1.54, 1.807) is 69.5 Å². The summed E-state index contributed by atoms with van der Waals surface area (Å²) in [6.45, 7) is 3.64. The van der Waals surface area contributed by atoms with E-state index >= 15 is 0 Å². The fourth-order valence-corrected chi connectivity index (χ4v) is 5.21. The van der Waals surface area contributed by atoms with Crippen LogP contribution in [0.5, 0.6) is 5.75 Å². The van der Waals surface area contributed by atoms with Crippen molar-refractivity contribution >= 4 is 23.2 Å². The van der Waals surface area contributed by atoms with Gasteiger partial charge in [0.25, 0.3) is 11.8 Å². The second-order valence-corrected chi connectivity index (χ2v) is 8.84. The van der Waals surface area contributed by atoms with Crippen LogP contribution >= 0.6 is 0 Å². The number of hydrogen-bond acceptors (Lipinski definition) is 7. The van der Waals surface area contributed by atoms with Crippen LogP contribution in [0, 0.1) is 0 Å². The summed E-state index contributed by atoms with van der Waals surface area (Å²) in [6.07, 6.45) is -0.711. The Morgan fingerprint density at radius 2 is 1.79 bits per heavy atom. The summed E-state index contributed by atoms with van der Waals surface area (Å²) in [5, 5.41) is 14.9. The molecule has 9 heteroatoms. The minimum Gasteiger partial charge on any atom is -0.497 e. The highest BCUT2D eigenvalue weighted by Gasteiger charge is 2.78. The Kier molecular flexibility index (Phi) is 4.81. The van der Waals surface area contributed by atoms with Gasteiger partial charge in [0.1, 0.15) is 17.9 Å². The quantitative estimate of drug-likeness (QED) is 0.664. The molecule has 5 rings (SSSR count). The standard InChI is InChI=1S/C24H26N2O7/c1-22(2)32-13-18(33-22)19-23(29,21(28)26(19)14-9-11-15(30-3)12-10-14)24(31-4)16-7-5-6-8-17(16)25-20(24)27/h5-12,18-19,29H,13H2,1-4H3,(H,25,27)/t18-,19+,23-,24+/m1/s1. The zero-order valence-electron chi connectivity index (χ0n) is 18.8. The number of β-lactam (4-membered cyclic amide) rings is 1. The van der Waals surface area contributed by atoms with Crippen molar-refractivity contribution in [2.24, 2.45) is 0 Å². The van der Waals surface area contributed by atoms with Crippen molar-refractivity contribution in [3.05, 3.63) is 54.1 Å². The molecular formula is C24H26N2O7. The third-order valence-corrected chi connectivity index (χ3v) is 6.70. The zero-order valence-corrected chi connectivity index (χ0v) is 18.8. The molecule has 0 unspecified atom stereocenters. The predicted molar refractivity (Wildman–Crippen MR) is 118 cm³/mol. The van der Waals surface area contributed by atoms with Crippen molar-refractivity contribution < 1.29 is 33.6 Å². The highest BCUT2D eigenvalue weighted by Crippen LogP contribution is 2.55. The van der Waals surface area contributed by atoms with E-state index in [9.17, 15) is 14.7 Å². The molecule has 2 saturated heterocycles. The van der Waals surface area contributed by atoms with Crippen LogP contribution in [0.2, 0.25) is 0 Å². The Morgan fingerprint density at radius 1 is 1.09 bits per heavy atom. The van der Waals surface area contributed by atoms with Gasteiger partial charge in [-0.2, -0.15) is 0 Å². The second kappa shape index (κ2) is 7.26. The van der Waals surface area contributed by atoms with Gasteiger partial charge in [-0.3, -0.25) is 9.59 Å². The lowest BCUT2D eigenvalue weighted by Gasteiger charge is -2.59. The minimum atomic E-state index is -2.24. The third-order valence-electron chi connectivity index (χ3n) is 6.70. The van der Waals surface area contributed by atoms with Gasteiger partial charge in [-0.15, -0.1) is 0 Å². The molecule has 2 aromatic rings. The first-order valence-electron chi connectivity index (χ1n) is 10.7. The number of nitrogens with zero attached hydrogens (tertiary/aromatic N) is 1. The molecule has 0 aliphatic carbocycles. The Morgan fingerprint density at radius 3 is 2.39 bits per heavy atom. The SMILES string of the molecule is COc1ccc(N2C(=O)[C@@](O)([C@@]3(OC)C(=O)Nc4ccccc43)[C@@H]2[C@H]2COC(C)(C)O2)cc1. The first-order valence-corrected chi connectivity index (χ1v) is 10.7. The molecule has 2 N–H and O–H groups in total. The van der Waals surface area contributed by atoms with E-state index in [-0.39, 0.29) is 6.61 Å². The molecule has 0 bridgehead atoms. The highest BCUT2D eigenvalue weighted by molar-refractivity contribution is 6.17. The van der Waals surface area contributed by atoms with Crippen LogP contribution in [0.4, 0.5) is 11.4 Å². The van der Waals surface area contributed by atoms with Crippen LogP contribution in [0.1, 0.15) is 19.4 Å². The molecule has 0 spiro atoms. The fourth-order valence-electron chi connectivity index (χ4n) is 5.21. The number of benzene rings is 2. The lowest BCUT2D eigenvalue weighted by Crippen LogP contribution is -2.85. The van der Waals surface area contributed by atoms with E-state index in [0.29, 0.717) is 22.7 Å². The number of ether oxygens (including phenoxy) is 4. The number of rotatable bonds is 5. The van der Waals surface area contributed by atoms with E-state index in [2.05, 4.69) is 5.32 Å². The van der Waals surface area contributed by atoms with E-state index in [0.717, 1.165) is 0 Å². The normalized spacial score (nSPS) is 32.3. The Bertz CT molecular complexity index is 1120. The molecule has 3 aliphatic rings. The summed E-state index contributed by atoms with van der Waals surface area (Å²) < 4.78 is 22.8. The van der Waals surface area contributed by atoms with Crippen molar-refractivity contribution in [2.45, 2.75) is 43.0 Å². The number of nitrogens with one attached hydrogen (secondary N) is 1. The summed E-state index contributed by atoms with van der Waals surface area (Å²) in [7, 11) is 2.87. The number of aliphatic hydroxyl groups is 1. The number of anilines is 2. The van der Waals surface area contributed by atoms with Crippen LogP contribution < -0.4 is 15.0 Å². The lowest BCUT2D eigenvalue weighted by atomic mass is 9.65. The van der Waals surface area contributed by atoms with Gasteiger partial charge in [-0.25, -0.2) is 0 Å². The van der Waals surface area contributed by atoms with Gasteiger partial charge in [0, 0.05) is 24.0 Å². The average molecular weight is 454 g/mol. The monoisotopic (exact) mass is 454 g/mol. The van der Waals surface area contributed by atoms with Crippen molar-refractivity contribution in [1.29, 1.82) is 0 Å². The molecule has 2 aromatic carbocycles. The van der Waals surface area contributed by atoms with Crippen LogP contribution in [0.25, 0.3) is 0 Å². The topological polar surface area (TPSA) is 107 Å². The molecule has 3 aliphatic heterocycles. The predicted octanol–water partition coefficient (Wildman–Crippen LogP) is 1.79. The van der Waals surface area contributed by atoms with E-state index in [1.165, 1.54) is 12.0 Å². The van der Waals surface area contributed by atoms with Crippen LogP contribution in [-0.4, -0.2) is 61.3 Å². The van der Waals surface area contributed by atoms with Crippen LogP contribution in [0.15, 0.2) is 48.5 Å². The fraction of sp³-hybridized carbons (Fsp3) is 0.417. The maximum atomic E-state index is 13.8. The first-order chi connectivity index (χ1) is 15.7. The Balaban J connectivity index is 1.65. The molecule has 33 heavy (non-hydrogen) atoms. The molecule has 0 aromatic heterocycles. The maximum absolute atomic E-state index is 13.8. The molecule has 0 radical (unpaired) electrons. The molecule has 174 valence electrons. The summed E-state index contributed by atoms with van der Waals surface area (Å²) in [6, 6.07) is 12.8. The Hall–Kier alpha value is -2.98. The van der Waals surface area contributed by atoms with Crippen molar-refractivity contribution in [3.8, 4) is 5.75 Å². The molecule has 0 saturated carbocycles. The molecule has 9 nitrogen and oxygen atoms in total. The third kappa shape index (κ3) is 2.80. The van der Waals surface area contributed by atoms with Gasteiger partial charge in [0.15, 0.2) is 5.79 Å². The molecule has 2 fully saturated rings. The highest BCUT2D eigenvalue weighted by atomic mass is 16.7. The van der Waals surface area contributed by atoms with E-state index < -0.39 is 40.9 Å². The van der Waals surface area contributed by atoms with Gasteiger partial charge in [-0.1, -0.05) is 18.2 Å². The Labute approximate surface area is 191 Å². The second-order valence-electron chi connectivity index (χ2n) is 8.84. The van der Waals surface area contributed by atoms with Crippen LogP contribution in [0.3, 0.4) is 0 Å². The van der Waals surface area contributed by atoms with Crippen molar-refractivity contribution in [2.75, 3.05) is 31.0 Å². The largest absolute Gasteiger partial charge is 0.497 e. The number of carbonyl (C=O) groups is 2. The maximum Gasteiger partial charge on any atom is 0.265 e. The van der Waals surface area contributed by atoms with Crippen molar-refractivity contribution in [1.82, 2.24) is 0 Å². The molecule has 4 atom stereocenters. The van der Waals surface area contributed by atoms with Gasteiger partial charge >= 0.3 is 0 Å². The van der Waals surface area contributed by atoms with E-state index in [4.69, 9.17) is 18.9 Å². The first kappa shape index (κ1) is 21.8. The average Bonchev–Trinajstić information content (AvgIpc) is 3.32. The summed E-state index contributed by atoms with van der Waals surface area (Å²) in [5.74, 6) is -1.57. The van der Waals surface area contributed by atoms with Crippen molar-refractivity contribution in [3.63, 3.8) is 0 Å². The van der Waals surface area contributed by atoms with E-state index in [1.807, 2.05) is 0 Å². The van der Waals surface area contributed by atoms with Gasteiger partial charge in [0.05, 0.1) is 13.7 Å². The molecular weight excluding hydrogens is 428 g/mol. The number of carbonyl (C=O) groups excluding carboxylic acids is 2. The number of hydrogen-bond donors (Lipinski definition) is 2. The zero-order chi connectivity index (χ0) is 23.6. The smallest absolute Gasteiger partial charge is 0.265 e. The minimum absolute atomic E-state index is 0.128. The number of para-hydroxylation sites is 1. The number of fused-ring (bicyclic) bond motifs is 1. The number of methoxy groups -OCH3 is 2. The lowest BCUT2D eigenvalue weighted by molar-refractivity contribution is -0.223. The van der Waals surface area contributed by atoms with Gasteiger partial charge < -0.3 is 34.3 Å². The van der Waals surface area contributed by atoms with Gasteiger partial charge in [0.2, 0.25) is 11.2 Å².